The fraction of sp³-hybridized carbons (Fsp3) is 0.0714. The second kappa shape index (κ2) is 5.58. The van der Waals surface area contributed by atoms with E-state index in [9.17, 15) is 9.59 Å². The van der Waals surface area contributed by atoms with Crippen LogP contribution in [0.25, 0.3) is 6.08 Å². The van der Waals surface area contributed by atoms with Crippen LogP contribution in [0.2, 0.25) is 0 Å². The first-order valence-corrected chi connectivity index (χ1v) is 6.42. The van der Waals surface area contributed by atoms with Crippen LogP contribution in [0.4, 0.5) is 0 Å². The smallest absolute Gasteiger partial charge is 0.335 e. The standard InChI is InChI=1S/C14H11NO3S/c1-9-13(19-8-15-9)12(16)7-4-10-2-5-11(6-3-10)14(17)18/h2-8H,1H3,(H,17,18). The Morgan fingerprint density at radius 3 is 2.47 bits per heavy atom. The van der Waals surface area contributed by atoms with Crippen LogP contribution >= 0.6 is 11.3 Å². The number of rotatable bonds is 4. The van der Waals surface area contributed by atoms with E-state index >= 15 is 0 Å². The maximum Gasteiger partial charge on any atom is 0.335 e. The maximum absolute atomic E-state index is 11.9. The van der Waals surface area contributed by atoms with Gasteiger partial charge in [-0.05, 0) is 30.7 Å². The van der Waals surface area contributed by atoms with Gasteiger partial charge in [-0.1, -0.05) is 18.2 Å². The number of carbonyl (C=O) groups excluding carboxylic acids is 1. The number of nitrogens with zero attached hydrogens (tertiary/aromatic N) is 1. The molecule has 0 aliphatic rings. The van der Waals surface area contributed by atoms with Crippen molar-refractivity contribution in [1.29, 1.82) is 0 Å². The van der Waals surface area contributed by atoms with Gasteiger partial charge in [-0.25, -0.2) is 9.78 Å². The van der Waals surface area contributed by atoms with Gasteiger partial charge in [0.1, 0.15) is 0 Å². The molecular formula is C14H11NO3S. The van der Waals surface area contributed by atoms with E-state index in [1.807, 2.05) is 0 Å². The molecule has 0 unspecified atom stereocenters. The van der Waals surface area contributed by atoms with Crippen molar-refractivity contribution in [2.45, 2.75) is 6.92 Å². The zero-order valence-electron chi connectivity index (χ0n) is 10.2. The lowest BCUT2D eigenvalue weighted by atomic mass is 10.1. The number of aromatic nitrogens is 1. The van der Waals surface area contributed by atoms with Gasteiger partial charge in [-0.3, -0.25) is 4.79 Å². The van der Waals surface area contributed by atoms with Gasteiger partial charge in [-0.15, -0.1) is 11.3 Å². The Morgan fingerprint density at radius 2 is 1.95 bits per heavy atom. The Bertz CT molecular complexity index is 641. The van der Waals surface area contributed by atoms with Crippen LogP contribution in [0.1, 0.15) is 31.3 Å². The quantitative estimate of drug-likeness (QED) is 0.686. The van der Waals surface area contributed by atoms with Crippen molar-refractivity contribution in [3.63, 3.8) is 0 Å². The number of aryl methyl sites for hydroxylation is 1. The second-order valence-corrected chi connectivity index (χ2v) is 4.75. The van der Waals surface area contributed by atoms with Gasteiger partial charge >= 0.3 is 5.97 Å². The summed E-state index contributed by atoms with van der Waals surface area (Å²) in [5, 5.41) is 8.77. The molecular weight excluding hydrogens is 262 g/mol. The molecule has 1 aromatic carbocycles. The molecule has 0 spiro atoms. The highest BCUT2D eigenvalue weighted by Gasteiger charge is 2.08. The van der Waals surface area contributed by atoms with E-state index < -0.39 is 5.97 Å². The predicted molar refractivity (Wildman–Crippen MR) is 73.6 cm³/mol. The summed E-state index contributed by atoms with van der Waals surface area (Å²) in [5.74, 6) is -1.06. The minimum absolute atomic E-state index is 0.0951. The summed E-state index contributed by atoms with van der Waals surface area (Å²) >= 11 is 1.31. The monoisotopic (exact) mass is 273 g/mol. The van der Waals surface area contributed by atoms with Gasteiger partial charge in [0.2, 0.25) is 0 Å². The predicted octanol–water partition coefficient (Wildman–Crippen LogP) is 3.05. The summed E-state index contributed by atoms with van der Waals surface area (Å²) in [7, 11) is 0. The Morgan fingerprint density at radius 1 is 1.26 bits per heavy atom. The van der Waals surface area contributed by atoms with Crippen molar-refractivity contribution in [2.75, 3.05) is 0 Å². The second-order valence-electron chi connectivity index (χ2n) is 3.89. The third-order valence-corrected chi connectivity index (χ3v) is 3.50. The molecule has 4 nitrogen and oxygen atoms in total. The molecule has 19 heavy (non-hydrogen) atoms. The number of thiazole rings is 1. The average molecular weight is 273 g/mol. The Hall–Kier alpha value is -2.27. The number of carboxylic acid groups (broad SMARTS) is 1. The number of allylic oxidation sites excluding steroid dienone is 1. The lowest BCUT2D eigenvalue weighted by Gasteiger charge is -1.96. The van der Waals surface area contributed by atoms with Gasteiger partial charge in [-0.2, -0.15) is 0 Å². The molecule has 0 fully saturated rings. The Balaban J connectivity index is 2.13. The maximum atomic E-state index is 11.9. The molecule has 0 atom stereocenters. The summed E-state index contributed by atoms with van der Waals surface area (Å²) in [6.07, 6.45) is 3.13. The molecule has 0 radical (unpaired) electrons. The van der Waals surface area contributed by atoms with Crippen LogP contribution < -0.4 is 0 Å². The highest BCUT2D eigenvalue weighted by Crippen LogP contribution is 2.14. The largest absolute Gasteiger partial charge is 0.478 e. The SMILES string of the molecule is Cc1ncsc1C(=O)C=Cc1ccc(C(=O)O)cc1. The molecule has 1 N–H and O–H groups in total. The molecule has 1 heterocycles. The van der Waals surface area contributed by atoms with Crippen LogP contribution in [-0.4, -0.2) is 21.8 Å². The zero-order chi connectivity index (χ0) is 13.8. The minimum atomic E-state index is -0.966. The number of hydrogen-bond acceptors (Lipinski definition) is 4. The van der Waals surface area contributed by atoms with Gasteiger partial charge in [0, 0.05) is 0 Å². The van der Waals surface area contributed by atoms with Gasteiger partial charge < -0.3 is 5.11 Å². The van der Waals surface area contributed by atoms with E-state index in [4.69, 9.17) is 5.11 Å². The molecule has 5 heteroatoms. The molecule has 0 aliphatic carbocycles. The molecule has 96 valence electrons. The van der Waals surface area contributed by atoms with Gasteiger partial charge in [0.15, 0.2) is 5.78 Å². The normalized spacial score (nSPS) is 10.8. The Kier molecular flexibility index (Phi) is 3.87. The van der Waals surface area contributed by atoms with Crippen LogP contribution in [0.15, 0.2) is 35.9 Å². The van der Waals surface area contributed by atoms with Crippen molar-refractivity contribution in [2.24, 2.45) is 0 Å². The van der Waals surface area contributed by atoms with Crippen molar-refractivity contribution in [3.8, 4) is 0 Å². The van der Waals surface area contributed by atoms with E-state index in [1.54, 1.807) is 30.6 Å². The number of carbonyl (C=O) groups is 2. The number of benzene rings is 1. The molecule has 0 saturated heterocycles. The fourth-order valence-corrected chi connectivity index (χ4v) is 2.25. The van der Waals surface area contributed by atoms with Crippen LogP contribution in [-0.2, 0) is 0 Å². The number of aromatic carboxylic acids is 1. The summed E-state index contributed by atoms with van der Waals surface area (Å²) in [6.45, 7) is 1.79. The lowest BCUT2D eigenvalue weighted by molar-refractivity contribution is 0.0696. The third-order valence-electron chi connectivity index (χ3n) is 2.55. The molecule has 0 aliphatic heterocycles. The molecule has 0 bridgehead atoms. The summed E-state index contributed by atoms with van der Waals surface area (Å²) < 4.78 is 0. The van der Waals surface area contributed by atoms with E-state index in [2.05, 4.69) is 4.98 Å². The first kappa shape index (κ1) is 13.2. The molecule has 2 aromatic rings. The zero-order valence-corrected chi connectivity index (χ0v) is 11.0. The van der Waals surface area contributed by atoms with E-state index in [1.165, 1.54) is 29.5 Å². The molecule has 0 saturated carbocycles. The first-order chi connectivity index (χ1) is 9.08. The third kappa shape index (κ3) is 3.14. The number of hydrogen-bond donors (Lipinski definition) is 1. The van der Waals surface area contributed by atoms with Crippen molar-refractivity contribution >= 4 is 29.2 Å². The molecule has 1 aromatic heterocycles. The number of ketones is 1. The van der Waals surface area contributed by atoms with Gasteiger partial charge in [0.25, 0.3) is 0 Å². The van der Waals surface area contributed by atoms with Gasteiger partial charge in [0.05, 0.1) is 21.6 Å². The summed E-state index contributed by atoms with van der Waals surface area (Å²) in [5.41, 5.74) is 3.36. The van der Waals surface area contributed by atoms with Crippen molar-refractivity contribution < 1.29 is 14.7 Å². The van der Waals surface area contributed by atoms with Crippen LogP contribution in [0.5, 0.6) is 0 Å². The van der Waals surface area contributed by atoms with Crippen LogP contribution in [0, 0.1) is 6.92 Å². The molecule has 0 amide bonds. The first-order valence-electron chi connectivity index (χ1n) is 5.54. The lowest BCUT2D eigenvalue weighted by Crippen LogP contribution is -1.95. The Labute approximate surface area is 114 Å². The van der Waals surface area contributed by atoms with Crippen molar-refractivity contribution in [3.05, 3.63) is 57.6 Å². The van der Waals surface area contributed by atoms with E-state index in [0.717, 1.165) is 11.3 Å². The minimum Gasteiger partial charge on any atom is -0.478 e. The summed E-state index contributed by atoms with van der Waals surface area (Å²) in [6, 6.07) is 6.33. The van der Waals surface area contributed by atoms with E-state index in [0.29, 0.717) is 4.88 Å². The van der Waals surface area contributed by atoms with Crippen molar-refractivity contribution in [1.82, 2.24) is 4.98 Å². The highest BCUT2D eigenvalue weighted by atomic mass is 32.1. The molecule has 2 rings (SSSR count). The van der Waals surface area contributed by atoms with E-state index in [-0.39, 0.29) is 11.3 Å². The highest BCUT2D eigenvalue weighted by molar-refractivity contribution is 7.12. The summed E-state index contributed by atoms with van der Waals surface area (Å²) in [4.78, 5) is 27.2. The number of carboxylic acids is 1. The van der Waals surface area contributed by atoms with Crippen LogP contribution in [0.3, 0.4) is 0 Å². The topological polar surface area (TPSA) is 67.3 Å². The fourth-order valence-electron chi connectivity index (χ4n) is 1.52. The average Bonchev–Trinajstić information content (AvgIpc) is 2.83.